The Morgan fingerprint density at radius 3 is 2.61 bits per heavy atom. The minimum Gasteiger partial charge on any atom is -0.461 e. The van der Waals surface area contributed by atoms with Crippen molar-refractivity contribution in [2.24, 2.45) is 5.92 Å². The Morgan fingerprint density at radius 2 is 1.89 bits per heavy atom. The molecule has 2 aliphatic heterocycles. The summed E-state index contributed by atoms with van der Waals surface area (Å²) >= 11 is 0. The summed E-state index contributed by atoms with van der Waals surface area (Å²) < 4.78 is 6.59. The van der Waals surface area contributed by atoms with E-state index < -0.39 is 0 Å². The predicted octanol–water partition coefficient (Wildman–Crippen LogP) is 6.62. The number of hydrogen-bond acceptors (Lipinski definition) is 7. The summed E-state index contributed by atoms with van der Waals surface area (Å²) in [6.45, 7) is 10.7. The Balaban J connectivity index is 1.32. The van der Waals surface area contributed by atoms with E-state index in [0.717, 1.165) is 46.4 Å². The number of aromatic nitrogens is 3. The molecule has 2 aromatic heterocycles. The molecule has 3 aliphatic rings. The third-order valence-electron chi connectivity index (χ3n) is 10.9. The molecule has 7 rings (SSSR count). The highest BCUT2D eigenvalue weighted by Gasteiger charge is 2.48. The second kappa shape index (κ2) is 11.5. The maximum atomic E-state index is 6.59. The van der Waals surface area contributed by atoms with Gasteiger partial charge in [0.15, 0.2) is 0 Å². The second-order valence-electron chi connectivity index (χ2n) is 14.2. The van der Waals surface area contributed by atoms with Crippen LogP contribution in [0.1, 0.15) is 70.8 Å². The van der Waals surface area contributed by atoms with E-state index in [1.807, 2.05) is 6.20 Å². The van der Waals surface area contributed by atoms with Crippen molar-refractivity contribution < 1.29 is 4.74 Å². The van der Waals surface area contributed by atoms with Gasteiger partial charge in [-0.2, -0.15) is 9.97 Å². The molecule has 1 unspecified atom stereocenters. The van der Waals surface area contributed by atoms with Gasteiger partial charge in [-0.15, -0.1) is 9.24 Å². The summed E-state index contributed by atoms with van der Waals surface area (Å²) in [5.41, 5.74) is 4.53. The van der Waals surface area contributed by atoms with Crippen LogP contribution in [0, 0.1) is 5.92 Å². The van der Waals surface area contributed by atoms with Crippen LogP contribution in [0.15, 0.2) is 42.6 Å². The lowest BCUT2D eigenvalue weighted by molar-refractivity contribution is 0.0738. The van der Waals surface area contributed by atoms with E-state index in [2.05, 4.69) is 95.6 Å². The predicted molar refractivity (Wildman–Crippen MR) is 185 cm³/mol. The van der Waals surface area contributed by atoms with E-state index in [0.29, 0.717) is 24.5 Å². The van der Waals surface area contributed by atoms with Crippen LogP contribution >= 0.6 is 9.24 Å². The van der Waals surface area contributed by atoms with Crippen LogP contribution in [0.4, 0.5) is 5.82 Å². The van der Waals surface area contributed by atoms with E-state index in [1.54, 1.807) is 0 Å². The molecule has 1 N–H and O–H groups in total. The molecule has 3 fully saturated rings. The van der Waals surface area contributed by atoms with Gasteiger partial charge in [0.05, 0.1) is 22.1 Å². The first kappa shape index (κ1) is 29.8. The molecule has 7 nitrogen and oxygen atoms in total. The van der Waals surface area contributed by atoms with E-state index in [-0.39, 0.29) is 11.1 Å². The van der Waals surface area contributed by atoms with E-state index >= 15 is 0 Å². The number of fused-ring (bicyclic) bond motifs is 3. The molecule has 2 aromatic carbocycles. The summed E-state index contributed by atoms with van der Waals surface area (Å²) in [6.07, 6.45) is 9.20. The van der Waals surface area contributed by atoms with E-state index in [1.165, 1.54) is 61.4 Å². The summed E-state index contributed by atoms with van der Waals surface area (Å²) in [4.78, 5) is 20.2. The molecule has 3 atom stereocenters. The topological polar surface area (TPSA) is 66.4 Å². The molecular weight excluding hydrogens is 563 g/mol. The highest BCUT2D eigenvalue weighted by Crippen LogP contribution is 2.42. The van der Waals surface area contributed by atoms with Crippen LogP contribution in [0.5, 0.6) is 6.01 Å². The van der Waals surface area contributed by atoms with Gasteiger partial charge in [-0.1, -0.05) is 57.2 Å². The zero-order valence-corrected chi connectivity index (χ0v) is 28.1. The fourth-order valence-electron chi connectivity index (χ4n) is 8.19. The van der Waals surface area contributed by atoms with Gasteiger partial charge in [0, 0.05) is 35.7 Å². The normalized spacial score (nSPS) is 23.0. The minimum absolute atomic E-state index is 0.107. The quantitative estimate of drug-likeness (QED) is 0.214. The van der Waals surface area contributed by atoms with Crippen LogP contribution in [0.3, 0.4) is 0 Å². The molecule has 2 saturated heterocycles. The first-order valence-electron chi connectivity index (χ1n) is 16.5. The van der Waals surface area contributed by atoms with Crippen molar-refractivity contribution in [3.05, 3.63) is 48.2 Å². The average Bonchev–Trinajstić information content (AvgIpc) is 3.50. The van der Waals surface area contributed by atoms with Crippen molar-refractivity contribution in [1.29, 1.82) is 0 Å². The number of ether oxygens (including phenoxy) is 1. The van der Waals surface area contributed by atoms with Crippen molar-refractivity contribution in [2.45, 2.75) is 76.3 Å². The lowest BCUT2D eigenvalue weighted by atomic mass is 9.75. The van der Waals surface area contributed by atoms with Crippen LogP contribution in [-0.4, -0.2) is 76.2 Å². The second-order valence-corrected chi connectivity index (χ2v) is 14.8. The zero-order chi connectivity index (χ0) is 30.6. The fourth-order valence-corrected chi connectivity index (χ4v) is 8.64. The molecule has 44 heavy (non-hydrogen) atoms. The molecule has 0 spiro atoms. The van der Waals surface area contributed by atoms with Crippen molar-refractivity contribution in [1.82, 2.24) is 24.8 Å². The first-order chi connectivity index (χ1) is 21.2. The highest BCUT2D eigenvalue weighted by atomic mass is 31.0. The number of nitrogens with zero attached hydrogens (tertiary/aromatic N) is 5. The summed E-state index contributed by atoms with van der Waals surface area (Å²) in [6, 6.07) is 13.6. The van der Waals surface area contributed by atoms with Crippen molar-refractivity contribution in [2.75, 3.05) is 45.7 Å². The van der Waals surface area contributed by atoms with Gasteiger partial charge in [-0.3, -0.25) is 9.88 Å². The Bertz CT molecular complexity index is 1700. The van der Waals surface area contributed by atoms with Gasteiger partial charge >= 0.3 is 6.01 Å². The highest BCUT2D eigenvalue weighted by molar-refractivity contribution is 7.28. The summed E-state index contributed by atoms with van der Waals surface area (Å²) in [5, 5.41) is 8.14. The smallest absolute Gasteiger partial charge is 0.319 e. The average molecular weight is 611 g/mol. The number of pyridine rings is 1. The fraction of sp³-hybridized carbons (Fsp3) is 0.528. The van der Waals surface area contributed by atoms with Crippen molar-refractivity contribution in [3.8, 4) is 17.3 Å². The lowest BCUT2D eigenvalue weighted by Crippen LogP contribution is -2.54. The van der Waals surface area contributed by atoms with Crippen molar-refractivity contribution in [3.63, 3.8) is 0 Å². The monoisotopic (exact) mass is 610 g/mol. The van der Waals surface area contributed by atoms with Crippen LogP contribution < -0.4 is 15.4 Å². The van der Waals surface area contributed by atoms with Crippen LogP contribution in [0.25, 0.3) is 32.9 Å². The summed E-state index contributed by atoms with van der Waals surface area (Å²) in [7, 11) is 7.35. The summed E-state index contributed by atoms with van der Waals surface area (Å²) in [5.74, 6) is 1.90. The number of benzene rings is 2. The third kappa shape index (κ3) is 5.05. The molecular formula is C36H47N6OP. The molecule has 4 aromatic rings. The van der Waals surface area contributed by atoms with Crippen LogP contribution in [-0.2, 0) is 0 Å². The first-order valence-corrected chi connectivity index (χ1v) is 17.0. The Hall–Kier alpha value is -2.86. The molecule has 4 heterocycles. The molecule has 8 heteroatoms. The van der Waals surface area contributed by atoms with E-state index in [4.69, 9.17) is 19.7 Å². The molecule has 232 valence electrons. The van der Waals surface area contributed by atoms with Crippen LogP contribution in [0.2, 0.25) is 0 Å². The van der Waals surface area contributed by atoms with Crippen molar-refractivity contribution >= 4 is 42.0 Å². The number of rotatable bonds is 9. The standard InChI is InChI=1S/C36H47N6OP/c1-23(2)26-12-6-10-25-11-7-13-27(29(25)26)30-32(44)31-28(19-37-30)33(38-21-35(41(4)5)14-8-15-35)40-34(39-31)43-22-36-16-9-17-42(36)20-24(3)18-36/h6-7,10-13,19,23-24H,8-9,14-18,20-22,44H2,1-5H3,(H,38,39,40)/t24-,36+/m1/s1. The largest absolute Gasteiger partial charge is 0.461 e. The SMILES string of the molecule is CC(C)c1cccc2cccc(-c3ncc4c(NCC5(N(C)C)CCC5)nc(OC[C@@]56CCCN5C[C@H](C)C6)nc4c3P)c12. The Kier molecular flexibility index (Phi) is 7.79. The molecule has 0 radical (unpaired) electrons. The molecule has 1 saturated carbocycles. The van der Waals surface area contributed by atoms with Gasteiger partial charge in [-0.25, -0.2) is 0 Å². The Morgan fingerprint density at radius 1 is 1.09 bits per heavy atom. The number of likely N-dealkylation sites (N-methyl/N-ethyl adjacent to an activating group) is 1. The number of hydrogen-bond donors (Lipinski definition) is 1. The van der Waals surface area contributed by atoms with Gasteiger partial charge < -0.3 is 15.0 Å². The number of anilines is 1. The number of nitrogens with one attached hydrogen (secondary N) is 1. The molecule has 1 aliphatic carbocycles. The van der Waals surface area contributed by atoms with Gasteiger partial charge in [0.2, 0.25) is 0 Å². The molecule has 0 amide bonds. The zero-order valence-electron chi connectivity index (χ0n) is 27.0. The third-order valence-corrected chi connectivity index (χ3v) is 11.4. The lowest BCUT2D eigenvalue weighted by Gasteiger charge is -2.47. The molecule has 0 bridgehead atoms. The maximum Gasteiger partial charge on any atom is 0.319 e. The van der Waals surface area contributed by atoms with E-state index in [9.17, 15) is 0 Å². The van der Waals surface area contributed by atoms with Gasteiger partial charge in [-0.05, 0) is 87.3 Å². The maximum absolute atomic E-state index is 6.59. The Labute approximate surface area is 264 Å². The minimum atomic E-state index is 0.107. The van der Waals surface area contributed by atoms with Gasteiger partial charge in [0.25, 0.3) is 0 Å². The van der Waals surface area contributed by atoms with Gasteiger partial charge in [0.1, 0.15) is 12.4 Å².